The predicted octanol–water partition coefficient (Wildman–Crippen LogP) is 3.40. The first-order chi connectivity index (χ1) is 18.6. The van der Waals surface area contributed by atoms with Gasteiger partial charge in [0.05, 0.1) is 20.3 Å². The molecule has 0 bridgehead atoms. The maximum atomic E-state index is 13.7. The molecule has 0 radical (unpaired) electrons. The highest BCUT2D eigenvalue weighted by atomic mass is 32.2. The molecule has 3 aromatic rings. The van der Waals surface area contributed by atoms with E-state index >= 15 is 0 Å². The third-order valence-corrected chi connectivity index (χ3v) is 7.54. The zero-order valence-corrected chi connectivity index (χ0v) is 23.9. The second kappa shape index (κ2) is 12.6. The van der Waals surface area contributed by atoms with Crippen LogP contribution in [0.25, 0.3) is 17.1 Å². The highest BCUT2D eigenvalue weighted by Crippen LogP contribution is 2.37. The lowest BCUT2D eigenvalue weighted by Crippen LogP contribution is -2.47. The summed E-state index contributed by atoms with van der Waals surface area (Å²) in [5.41, 5.74) is 2.85. The van der Waals surface area contributed by atoms with Crippen molar-refractivity contribution in [3.63, 3.8) is 0 Å². The van der Waals surface area contributed by atoms with E-state index in [2.05, 4.69) is 41.9 Å². The Hall–Kier alpha value is -4.10. The number of ether oxygens (including phenoxy) is 2. The van der Waals surface area contributed by atoms with Gasteiger partial charge in [-0.15, -0.1) is 10.2 Å². The summed E-state index contributed by atoms with van der Waals surface area (Å²) >= 11 is 0. The Kier molecular flexibility index (Phi) is 9.54. The van der Waals surface area contributed by atoms with Crippen LogP contribution in [0, 0.1) is 6.92 Å². The number of rotatable bonds is 11. The van der Waals surface area contributed by atoms with Gasteiger partial charge in [0.25, 0.3) is 0 Å². The number of nitrogens with zero attached hydrogens (tertiary/aromatic N) is 6. The number of hydrogen-bond acceptors (Lipinski definition) is 9. The van der Waals surface area contributed by atoms with Crippen LogP contribution in [0.4, 0.5) is 5.95 Å². The summed E-state index contributed by atoms with van der Waals surface area (Å²) in [6, 6.07) is 6.33. The molecule has 0 amide bonds. The van der Waals surface area contributed by atoms with Crippen molar-refractivity contribution in [2.45, 2.75) is 39.0 Å². The SMILES string of the molecule is C=NC(=NC=C(C)C)[C@H](NC)[C@H](C)S(=O)(=O)Nc1nnc(-c2cncc(C)c2)n1-c1c(OC)cccc1OC. The van der Waals surface area contributed by atoms with E-state index in [1.165, 1.54) is 18.8 Å². The molecule has 2 aromatic heterocycles. The number of para-hydroxylation sites is 1. The van der Waals surface area contributed by atoms with Crippen molar-refractivity contribution in [2.75, 3.05) is 26.0 Å². The highest BCUT2D eigenvalue weighted by molar-refractivity contribution is 7.93. The summed E-state index contributed by atoms with van der Waals surface area (Å²) in [4.78, 5) is 12.5. The minimum absolute atomic E-state index is 0.0645. The van der Waals surface area contributed by atoms with Crippen LogP contribution >= 0.6 is 0 Å². The molecule has 2 N–H and O–H groups in total. The van der Waals surface area contributed by atoms with Gasteiger partial charge in [0.15, 0.2) is 5.82 Å². The third-order valence-electron chi connectivity index (χ3n) is 5.82. The van der Waals surface area contributed by atoms with Gasteiger partial charge in [-0.1, -0.05) is 11.6 Å². The molecule has 0 aliphatic rings. The normalized spacial score (nSPS) is 13.4. The van der Waals surface area contributed by atoms with Gasteiger partial charge in [0.1, 0.15) is 28.3 Å². The maximum Gasteiger partial charge on any atom is 0.243 e. The van der Waals surface area contributed by atoms with Crippen LogP contribution in [-0.2, 0) is 10.0 Å². The molecule has 0 saturated carbocycles. The number of pyridine rings is 1. The molecule has 0 spiro atoms. The van der Waals surface area contributed by atoms with Crippen molar-refractivity contribution in [1.29, 1.82) is 0 Å². The molecule has 0 aliphatic heterocycles. The number of nitrogens with one attached hydrogen (secondary N) is 2. The number of benzene rings is 1. The van der Waals surface area contributed by atoms with Crippen molar-refractivity contribution >= 4 is 28.5 Å². The fraction of sp³-hybridized carbons (Fsp3) is 0.346. The van der Waals surface area contributed by atoms with E-state index < -0.39 is 21.3 Å². The summed E-state index contributed by atoms with van der Waals surface area (Å²) in [5.74, 6) is 1.35. The van der Waals surface area contributed by atoms with Gasteiger partial charge in [0.2, 0.25) is 16.0 Å². The quantitative estimate of drug-likeness (QED) is 0.271. The maximum absolute atomic E-state index is 13.7. The van der Waals surface area contributed by atoms with Gasteiger partial charge in [0, 0.05) is 24.2 Å². The van der Waals surface area contributed by atoms with Crippen LogP contribution in [0.3, 0.4) is 0 Å². The molecule has 0 unspecified atom stereocenters. The van der Waals surface area contributed by atoms with E-state index in [9.17, 15) is 8.42 Å². The van der Waals surface area contributed by atoms with E-state index in [0.29, 0.717) is 28.6 Å². The van der Waals surface area contributed by atoms with Crippen LogP contribution < -0.4 is 19.5 Å². The molecular weight excluding hydrogens is 520 g/mol. The van der Waals surface area contributed by atoms with E-state index in [4.69, 9.17) is 9.47 Å². The van der Waals surface area contributed by atoms with Crippen LogP contribution in [0.1, 0.15) is 26.3 Å². The van der Waals surface area contributed by atoms with Gasteiger partial charge in [-0.05, 0) is 65.2 Å². The summed E-state index contributed by atoms with van der Waals surface area (Å²) in [6.07, 6.45) is 4.93. The Morgan fingerprint density at radius 3 is 2.36 bits per heavy atom. The molecule has 0 saturated heterocycles. The fourth-order valence-electron chi connectivity index (χ4n) is 3.87. The Morgan fingerprint density at radius 1 is 1.15 bits per heavy atom. The lowest BCUT2D eigenvalue weighted by molar-refractivity contribution is 0.391. The molecular formula is C26H34N8O4S. The predicted molar refractivity (Wildman–Crippen MR) is 154 cm³/mol. The standard InChI is InChI=1S/C26H34N8O4S/c1-16(2)13-30-24(28-6)22(27-5)18(4)39(35,36)33-26-32-31-25(19-12-17(3)14-29-15-19)34(26)23-20(37-7)10-9-11-21(23)38-8/h9-15,18,22,27H,6H2,1-5,7-8H3,(H,32,33)/t18-,22+/m0/s1. The van der Waals surface area contributed by atoms with Gasteiger partial charge < -0.3 is 14.8 Å². The second-order valence-corrected chi connectivity index (χ2v) is 11.0. The van der Waals surface area contributed by atoms with E-state index in [1.807, 2.05) is 26.8 Å². The number of methoxy groups -OCH3 is 2. The van der Waals surface area contributed by atoms with Crippen molar-refractivity contribution in [3.8, 4) is 28.6 Å². The van der Waals surface area contributed by atoms with Crippen molar-refractivity contribution in [2.24, 2.45) is 9.98 Å². The lowest BCUT2D eigenvalue weighted by atomic mass is 10.2. The third kappa shape index (κ3) is 6.49. The van der Waals surface area contributed by atoms with Crippen LogP contribution in [-0.4, -0.2) is 73.3 Å². The van der Waals surface area contributed by atoms with Crippen molar-refractivity contribution in [3.05, 3.63) is 54.0 Å². The first-order valence-corrected chi connectivity index (χ1v) is 13.6. The number of amidine groups is 1. The van der Waals surface area contributed by atoms with Gasteiger partial charge in [-0.25, -0.2) is 18.4 Å². The van der Waals surface area contributed by atoms with Gasteiger partial charge in [-0.2, -0.15) is 0 Å². The smallest absolute Gasteiger partial charge is 0.243 e. The Bertz CT molecular complexity index is 1470. The molecule has 13 heteroatoms. The molecule has 2 heterocycles. The molecule has 2 atom stereocenters. The summed E-state index contributed by atoms with van der Waals surface area (Å²) in [7, 11) is 0.562. The average molecular weight is 555 g/mol. The number of aliphatic imine (C=N–C) groups is 2. The zero-order valence-electron chi connectivity index (χ0n) is 23.1. The number of sulfonamides is 1. The van der Waals surface area contributed by atoms with Crippen molar-refractivity contribution < 1.29 is 17.9 Å². The molecule has 0 fully saturated rings. The Morgan fingerprint density at radius 2 is 1.82 bits per heavy atom. The highest BCUT2D eigenvalue weighted by Gasteiger charge is 2.34. The van der Waals surface area contributed by atoms with Gasteiger partial charge in [-0.3, -0.25) is 14.3 Å². The monoisotopic (exact) mass is 554 g/mol. The number of likely N-dealkylation sites (N-methyl/N-ethyl adjacent to an activating group) is 1. The van der Waals surface area contributed by atoms with Crippen molar-refractivity contribution in [1.82, 2.24) is 25.1 Å². The summed E-state index contributed by atoms with van der Waals surface area (Å²) < 4.78 is 42.8. The largest absolute Gasteiger partial charge is 0.494 e. The second-order valence-electron chi connectivity index (χ2n) is 8.92. The topological polar surface area (TPSA) is 145 Å². The molecule has 208 valence electrons. The molecule has 1 aromatic carbocycles. The van der Waals surface area contributed by atoms with Gasteiger partial charge >= 0.3 is 0 Å². The number of anilines is 1. The van der Waals surface area contributed by atoms with Crippen LogP contribution in [0.5, 0.6) is 11.5 Å². The minimum atomic E-state index is -4.09. The number of aromatic nitrogens is 4. The average Bonchev–Trinajstić information content (AvgIpc) is 3.32. The molecule has 3 rings (SSSR count). The molecule has 39 heavy (non-hydrogen) atoms. The van der Waals surface area contributed by atoms with Crippen LogP contribution in [0.2, 0.25) is 0 Å². The minimum Gasteiger partial charge on any atom is -0.494 e. The Balaban J connectivity index is 2.19. The van der Waals surface area contributed by atoms with Crippen LogP contribution in [0.15, 0.2) is 58.4 Å². The Labute approximate surface area is 229 Å². The lowest BCUT2D eigenvalue weighted by Gasteiger charge is -2.24. The molecule has 0 aliphatic carbocycles. The zero-order chi connectivity index (χ0) is 28.7. The fourth-order valence-corrected chi connectivity index (χ4v) is 5.05. The summed E-state index contributed by atoms with van der Waals surface area (Å²) in [6.45, 7) is 10.8. The summed E-state index contributed by atoms with van der Waals surface area (Å²) in [5, 5.41) is 10.5. The van der Waals surface area contributed by atoms with E-state index in [0.717, 1.165) is 11.1 Å². The first-order valence-electron chi connectivity index (χ1n) is 12.0. The van der Waals surface area contributed by atoms with E-state index in [1.54, 1.807) is 50.8 Å². The number of allylic oxidation sites excluding steroid dienone is 1. The molecule has 12 nitrogen and oxygen atoms in total. The first kappa shape index (κ1) is 29.5. The number of aryl methyl sites for hydroxylation is 1. The van der Waals surface area contributed by atoms with E-state index in [-0.39, 0.29) is 11.8 Å². The number of hydrogen-bond donors (Lipinski definition) is 2.